The first-order valence-electron chi connectivity index (χ1n) is 26.4. The molecule has 0 N–H and O–H groups in total. The summed E-state index contributed by atoms with van der Waals surface area (Å²) in [5.74, 6) is 0. The van der Waals surface area contributed by atoms with Crippen LogP contribution in [-0.4, -0.2) is 24.5 Å². The van der Waals surface area contributed by atoms with E-state index in [0.717, 1.165) is 72.5 Å². The van der Waals surface area contributed by atoms with Crippen molar-refractivity contribution in [2.45, 2.75) is 0 Å². The molecule has 0 aliphatic rings. The van der Waals surface area contributed by atoms with Crippen molar-refractivity contribution >= 4 is 43.7 Å². The second-order valence-electron chi connectivity index (χ2n) is 16.7. The monoisotopic (exact) mass is 1530 g/mol. The quantitative estimate of drug-likeness (QED) is 0.155. The number of hydrogen-bond acceptors (Lipinski definition) is 5. The zero-order valence-corrected chi connectivity index (χ0v) is 47.9. The first kappa shape index (κ1) is 48.5. The van der Waals surface area contributed by atoms with Crippen LogP contribution in [0.4, 0.5) is 0 Å². The Hall–Kier alpha value is -8.09. The fraction of sp³-hybridized carbons (Fsp3) is 0. The predicted octanol–water partition coefficient (Wildman–Crippen LogP) is 16.9. The van der Waals surface area contributed by atoms with E-state index in [1.807, 2.05) is 140 Å². The Bertz CT molecular complexity index is 4290. The van der Waals surface area contributed by atoms with Crippen LogP contribution in [0.5, 0.6) is 0 Å². The van der Waals surface area contributed by atoms with Crippen molar-refractivity contribution in [3.63, 3.8) is 0 Å². The van der Waals surface area contributed by atoms with Gasteiger partial charge in [-0.05, 0) is 87.3 Å². The van der Waals surface area contributed by atoms with Crippen molar-refractivity contribution in [1.29, 1.82) is 0 Å². The van der Waals surface area contributed by atoms with Gasteiger partial charge in [-0.1, -0.05) is 150 Å². The second kappa shape index (κ2) is 27.1. The van der Waals surface area contributed by atoms with Crippen LogP contribution in [0, 0.1) is 24.3 Å². The molecular formula is C68H45Ir3N5O-4. The molecule has 0 amide bonds. The van der Waals surface area contributed by atoms with Gasteiger partial charge >= 0.3 is 0 Å². The minimum absolute atomic E-state index is 0. The van der Waals surface area contributed by atoms with Crippen LogP contribution in [0.25, 0.3) is 106 Å². The minimum atomic E-state index is -0.396. The molecule has 6 heterocycles. The van der Waals surface area contributed by atoms with Gasteiger partial charge in [0.05, 0.1) is 12.4 Å². The summed E-state index contributed by atoms with van der Waals surface area (Å²) < 4.78 is 47.3. The number of rotatable bonds is 6. The Morgan fingerprint density at radius 2 is 0.987 bits per heavy atom. The summed E-state index contributed by atoms with van der Waals surface area (Å²) in [6, 6.07) is 83.0. The third-order valence-electron chi connectivity index (χ3n) is 12.0. The molecule has 0 unspecified atom stereocenters. The van der Waals surface area contributed by atoms with Crippen molar-refractivity contribution in [3.05, 3.63) is 298 Å². The minimum Gasteiger partial charge on any atom is -0.501 e. The van der Waals surface area contributed by atoms with Gasteiger partial charge in [-0.3, -0.25) is 0 Å². The van der Waals surface area contributed by atoms with Crippen LogP contribution in [0.15, 0.2) is 278 Å². The van der Waals surface area contributed by atoms with E-state index < -0.39 is 6.04 Å². The predicted molar refractivity (Wildman–Crippen MR) is 301 cm³/mol. The average molecular weight is 1530 g/mol. The maximum absolute atomic E-state index is 7.98. The molecule has 0 bridgehead atoms. The number of aromatic nitrogens is 5. The van der Waals surface area contributed by atoms with Crippen LogP contribution in [0.3, 0.4) is 0 Å². The van der Waals surface area contributed by atoms with Gasteiger partial charge in [0.15, 0.2) is 0 Å². The van der Waals surface area contributed by atoms with E-state index in [1.165, 1.54) is 22.5 Å². The van der Waals surface area contributed by atoms with E-state index in [9.17, 15) is 0 Å². The van der Waals surface area contributed by atoms with Gasteiger partial charge in [0.2, 0.25) is 0 Å². The van der Waals surface area contributed by atoms with Gasteiger partial charge in [0.1, 0.15) is 5.58 Å². The Morgan fingerprint density at radius 1 is 0.403 bits per heavy atom. The van der Waals surface area contributed by atoms with Crippen LogP contribution in [0.1, 0.15) is 6.85 Å². The van der Waals surface area contributed by atoms with Crippen LogP contribution in [0.2, 0.25) is 0 Å². The van der Waals surface area contributed by atoms with Gasteiger partial charge in [0.25, 0.3) is 0 Å². The Morgan fingerprint density at radius 3 is 1.61 bits per heavy atom. The molecule has 0 aliphatic carbocycles. The Kier molecular flexibility index (Phi) is 17.1. The summed E-state index contributed by atoms with van der Waals surface area (Å²) in [5.41, 5.74) is 13.2. The van der Waals surface area contributed by atoms with E-state index in [4.69, 9.17) is 11.3 Å². The molecule has 9 heteroatoms. The standard InChI is InChI=1S/C23H15N2.C17H10NO.C17H12N.C11H8N.3Ir/c1-2-8-18(9-3-1)25-22-12-5-4-10-19(22)20-16-17(13-14-23(20)25)21-11-6-7-15-24-21;1-2-10-16-12(6-1)13-7-5-8-14(17(13)19-16)15-9-3-4-11-18-15;1-3-7-14(8-4-1)16-11-12-17(18-13-16)15-9-5-2-6-10-15;1-2-6-10(7-3-1)11-8-4-5-9-12-11;;;/h1-12,14-16H;1-7,9-11H;1-9,11-13H;1-6,8-9H;;;/q4*-1;;;/i;;1D,3D,4D,7D,8D;;;;. The Labute approximate surface area is 495 Å². The van der Waals surface area contributed by atoms with Gasteiger partial charge in [-0.2, -0.15) is 0 Å². The molecule has 3 radical (unpaired) electrons. The molecule has 0 atom stereocenters. The number of hydrogen-bond donors (Lipinski definition) is 0. The third kappa shape index (κ3) is 13.0. The first-order chi connectivity index (χ1) is 38.8. The van der Waals surface area contributed by atoms with Crippen molar-refractivity contribution < 1.29 is 71.6 Å². The number of fused-ring (bicyclic) bond motifs is 6. The SMILES string of the molecule is [2H]c1c([2H])c([2H])c(-c2ccc(-c3[c-]cccc3)nc2)c([2H])c1[2H].[Ir].[Ir].[Ir].[c-]1cc2c(cc1-c1ccccn1)c1ccccc1n2-c1ccccc1.[c-]1ccc2c(oc3ccccc32)c1-c1ccccn1.[c-]1ccccc1-c1ccccn1. The molecular weight excluding hydrogens is 1480 g/mol. The van der Waals surface area contributed by atoms with E-state index in [2.05, 4.69) is 115 Å². The normalized spacial score (nSPS) is 11.2. The van der Waals surface area contributed by atoms with Crippen molar-refractivity contribution in [2.24, 2.45) is 0 Å². The molecule has 0 aliphatic heterocycles. The molecule has 6 aromatic heterocycles. The largest absolute Gasteiger partial charge is 0.501 e. The van der Waals surface area contributed by atoms with Crippen molar-refractivity contribution in [3.8, 4) is 61.8 Å². The number of nitrogens with zero attached hydrogens (tertiary/aromatic N) is 5. The van der Waals surface area contributed by atoms with E-state index in [1.54, 1.807) is 30.6 Å². The maximum atomic E-state index is 7.98. The molecule has 0 fully saturated rings. The fourth-order valence-electron chi connectivity index (χ4n) is 8.55. The van der Waals surface area contributed by atoms with Crippen molar-refractivity contribution in [2.75, 3.05) is 0 Å². The maximum Gasteiger partial charge on any atom is 0.120 e. The van der Waals surface area contributed by atoms with Gasteiger partial charge in [0, 0.05) is 102 Å². The summed E-state index contributed by atoms with van der Waals surface area (Å²) in [5, 5.41) is 4.70. The fourth-order valence-corrected chi connectivity index (χ4v) is 8.55. The molecule has 0 saturated carbocycles. The summed E-state index contributed by atoms with van der Waals surface area (Å²) in [6.07, 6.45) is 6.91. The number of furan rings is 1. The molecule has 6 nitrogen and oxygen atoms in total. The summed E-state index contributed by atoms with van der Waals surface area (Å²) >= 11 is 0. The summed E-state index contributed by atoms with van der Waals surface area (Å²) in [4.78, 5) is 17.4. The van der Waals surface area contributed by atoms with Crippen LogP contribution >= 0.6 is 0 Å². The number of benzene rings is 8. The molecule has 77 heavy (non-hydrogen) atoms. The average Bonchev–Trinajstić information content (AvgIpc) is 4.17. The zero-order chi connectivity index (χ0) is 54.1. The first-order valence-corrected chi connectivity index (χ1v) is 23.9. The van der Waals surface area contributed by atoms with E-state index in [0.29, 0.717) is 11.3 Å². The van der Waals surface area contributed by atoms with Crippen LogP contribution in [-0.2, 0) is 60.3 Å². The third-order valence-corrected chi connectivity index (χ3v) is 12.0. The second-order valence-corrected chi connectivity index (χ2v) is 16.7. The number of pyridine rings is 4. The molecule has 0 saturated heterocycles. The molecule has 8 aromatic carbocycles. The Balaban J connectivity index is 0.000000145. The van der Waals surface area contributed by atoms with Gasteiger partial charge in [-0.15, -0.1) is 114 Å². The zero-order valence-electron chi connectivity index (χ0n) is 45.7. The van der Waals surface area contributed by atoms with Crippen molar-refractivity contribution in [1.82, 2.24) is 24.5 Å². The van der Waals surface area contributed by atoms with E-state index in [-0.39, 0.29) is 90.0 Å². The molecule has 14 aromatic rings. The van der Waals surface area contributed by atoms with Crippen LogP contribution < -0.4 is 0 Å². The van der Waals surface area contributed by atoms with E-state index >= 15 is 0 Å². The molecule has 14 rings (SSSR count). The smallest absolute Gasteiger partial charge is 0.120 e. The number of para-hydroxylation sites is 3. The molecule has 379 valence electrons. The van der Waals surface area contributed by atoms with Gasteiger partial charge in [-0.25, -0.2) is 0 Å². The summed E-state index contributed by atoms with van der Waals surface area (Å²) in [6.45, 7) is 0. The topological polar surface area (TPSA) is 69.6 Å². The molecule has 0 spiro atoms. The van der Waals surface area contributed by atoms with Gasteiger partial charge < -0.3 is 28.9 Å². The summed E-state index contributed by atoms with van der Waals surface area (Å²) in [7, 11) is 0.